The molecule has 128 valence electrons. The van der Waals surface area contributed by atoms with Crippen LogP contribution in [-0.4, -0.2) is 15.9 Å². The first-order valence-corrected chi connectivity index (χ1v) is 8.26. The lowest BCUT2D eigenvalue weighted by molar-refractivity contribution is 0.0950. The van der Waals surface area contributed by atoms with Gasteiger partial charge in [-0.05, 0) is 41.5 Å². The highest BCUT2D eigenvalue weighted by atomic mass is 19.1. The summed E-state index contributed by atoms with van der Waals surface area (Å²) in [6.45, 7) is 0.154. The van der Waals surface area contributed by atoms with Crippen LogP contribution in [-0.2, 0) is 6.54 Å². The van der Waals surface area contributed by atoms with E-state index in [0.29, 0.717) is 11.1 Å². The Hall–Kier alpha value is -3.47. The van der Waals surface area contributed by atoms with E-state index in [9.17, 15) is 9.18 Å². The summed E-state index contributed by atoms with van der Waals surface area (Å²) in [7, 11) is 0. The van der Waals surface area contributed by atoms with Crippen LogP contribution < -0.4 is 5.32 Å². The van der Waals surface area contributed by atoms with Crippen LogP contribution in [0.25, 0.3) is 22.2 Å². The zero-order chi connectivity index (χ0) is 17.9. The third-order valence-corrected chi connectivity index (χ3v) is 4.32. The molecule has 2 N–H and O–H groups in total. The molecule has 4 rings (SSSR count). The average Bonchev–Trinajstić information content (AvgIpc) is 3.16. The Labute approximate surface area is 149 Å². The highest BCUT2D eigenvalue weighted by molar-refractivity contribution is 5.96. The van der Waals surface area contributed by atoms with Gasteiger partial charge in [0.2, 0.25) is 0 Å². The van der Waals surface area contributed by atoms with Gasteiger partial charge < -0.3 is 10.3 Å². The maximum atomic E-state index is 13.6. The standard InChI is InChI=1S/C21H16FN3O/c22-19-4-2-1-3-16(19)13-25-21(26)15-7-5-14(6-8-15)17-9-11-23-20-18(17)10-12-24-20/h1-12H,13H2,(H,23,24)(H,25,26). The molecule has 0 bridgehead atoms. The number of carbonyl (C=O) groups is 1. The maximum absolute atomic E-state index is 13.6. The van der Waals surface area contributed by atoms with Crippen LogP contribution in [0.3, 0.4) is 0 Å². The molecule has 2 aromatic carbocycles. The largest absolute Gasteiger partial charge is 0.348 e. The van der Waals surface area contributed by atoms with E-state index in [-0.39, 0.29) is 18.3 Å². The summed E-state index contributed by atoms with van der Waals surface area (Å²) in [5, 5.41) is 3.78. The number of halogens is 1. The molecule has 0 fully saturated rings. The fourth-order valence-electron chi connectivity index (χ4n) is 2.93. The molecule has 0 aliphatic rings. The Balaban J connectivity index is 1.51. The van der Waals surface area contributed by atoms with Crippen molar-refractivity contribution >= 4 is 16.9 Å². The third kappa shape index (κ3) is 3.07. The molecule has 0 spiro atoms. The van der Waals surface area contributed by atoms with Gasteiger partial charge in [0.25, 0.3) is 5.91 Å². The molecule has 0 radical (unpaired) electrons. The van der Waals surface area contributed by atoms with Crippen molar-refractivity contribution in [3.8, 4) is 11.1 Å². The van der Waals surface area contributed by atoms with E-state index in [0.717, 1.165) is 22.2 Å². The van der Waals surface area contributed by atoms with Crippen LogP contribution in [0, 0.1) is 5.82 Å². The fourth-order valence-corrected chi connectivity index (χ4v) is 2.93. The molecule has 4 nitrogen and oxygen atoms in total. The first kappa shape index (κ1) is 16.0. The van der Waals surface area contributed by atoms with Crippen LogP contribution in [0.4, 0.5) is 4.39 Å². The second-order valence-electron chi connectivity index (χ2n) is 5.95. The number of aromatic nitrogens is 2. The lowest BCUT2D eigenvalue weighted by Gasteiger charge is -2.08. The lowest BCUT2D eigenvalue weighted by Crippen LogP contribution is -2.23. The maximum Gasteiger partial charge on any atom is 0.251 e. The SMILES string of the molecule is O=C(NCc1ccccc1F)c1ccc(-c2ccnc3[nH]ccc23)cc1. The van der Waals surface area contributed by atoms with Gasteiger partial charge in [-0.1, -0.05) is 30.3 Å². The summed E-state index contributed by atoms with van der Waals surface area (Å²) in [5.74, 6) is -0.558. The fraction of sp³-hybridized carbons (Fsp3) is 0.0476. The van der Waals surface area contributed by atoms with Gasteiger partial charge in [0.05, 0.1) is 0 Å². The van der Waals surface area contributed by atoms with Gasteiger partial charge in [-0.25, -0.2) is 9.37 Å². The van der Waals surface area contributed by atoms with E-state index in [1.54, 1.807) is 36.5 Å². The average molecular weight is 345 g/mol. The van der Waals surface area contributed by atoms with E-state index in [4.69, 9.17) is 0 Å². The van der Waals surface area contributed by atoms with Crippen molar-refractivity contribution in [3.63, 3.8) is 0 Å². The molecule has 26 heavy (non-hydrogen) atoms. The quantitative estimate of drug-likeness (QED) is 0.579. The highest BCUT2D eigenvalue weighted by Crippen LogP contribution is 2.27. The van der Waals surface area contributed by atoms with Gasteiger partial charge in [-0.3, -0.25) is 4.79 Å². The van der Waals surface area contributed by atoms with E-state index >= 15 is 0 Å². The van der Waals surface area contributed by atoms with Gasteiger partial charge in [0.1, 0.15) is 11.5 Å². The van der Waals surface area contributed by atoms with Gasteiger partial charge in [-0.15, -0.1) is 0 Å². The van der Waals surface area contributed by atoms with Crippen molar-refractivity contribution in [3.05, 3.63) is 90.0 Å². The monoisotopic (exact) mass is 345 g/mol. The van der Waals surface area contributed by atoms with Gasteiger partial charge in [0.15, 0.2) is 0 Å². The topological polar surface area (TPSA) is 57.8 Å². The minimum absolute atomic E-state index is 0.154. The number of nitrogens with zero attached hydrogens (tertiary/aromatic N) is 1. The first-order valence-electron chi connectivity index (χ1n) is 8.26. The number of H-pyrrole nitrogens is 1. The van der Waals surface area contributed by atoms with Crippen molar-refractivity contribution in [2.75, 3.05) is 0 Å². The van der Waals surface area contributed by atoms with Gasteiger partial charge in [-0.2, -0.15) is 0 Å². The predicted octanol–water partition coefficient (Wildman–Crippen LogP) is 4.30. The Morgan fingerprint density at radius 3 is 2.65 bits per heavy atom. The molecule has 2 aromatic heterocycles. The number of pyridine rings is 1. The lowest BCUT2D eigenvalue weighted by atomic mass is 10.0. The predicted molar refractivity (Wildman–Crippen MR) is 99.1 cm³/mol. The number of aromatic amines is 1. The number of nitrogens with one attached hydrogen (secondary N) is 2. The molecule has 0 unspecified atom stereocenters. The molecule has 0 atom stereocenters. The number of benzene rings is 2. The number of hydrogen-bond donors (Lipinski definition) is 2. The third-order valence-electron chi connectivity index (χ3n) is 4.32. The molecule has 0 aliphatic carbocycles. The molecule has 4 aromatic rings. The number of amides is 1. The Bertz CT molecular complexity index is 1070. The Morgan fingerprint density at radius 2 is 1.85 bits per heavy atom. The summed E-state index contributed by atoms with van der Waals surface area (Å²) in [6, 6.07) is 17.7. The van der Waals surface area contributed by atoms with Crippen LogP contribution >= 0.6 is 0 Å². The summed E-state index contributed by atoms with van der Waals surface area (Å²) >= 11 is 0. The molecule has 0 aliphatic heterocycles. The molecule has 0 saturated heterocycles. The van der Waals surface area contributed by atoms with Gasteiger partial charge >= 0.3 is 0 Å². The highest BCUT2D eigenvalue weighted by Gasteiger charge is 2.09. The summed E-state index contributed by atoms with van der Waals surface area (Å²) < 4.78 is 13.6. The number of rotatable bonds is 4. The van der Waals surface area contributed by atoms with Crippen LogP contribution in [0.1, 0.15) is 15.9 Å². The van der Waals surface area contributed by atoms with Crippen LogP contribution in [0.2, 0.25) is 0 Å². The van der Waals surface area contributed by atoms with Crippen molar-refractivity contribution in [2.45, 2.75) is 6.54 Å². The minimum atomic E-state index is -0.323. The molecular weight excluding hydrogens is 329 g/mol. The van der Waals surface area contributed by atoms with E-state index in [2.05, 4.69) is 15.3 Å². The Kier molecular flexibility index (Phi) is 4.19. The molecular formula is C21H16FN3O. The number of fused-ring (bicyclic) bond motifs is 1. The molecule has 5 heteroatoms. The minimum Gasteiger partial charge on any atom is -0.348 e. The van der Waals surface area contributed by atoms with Crippen molar-refractivity contribution in [1.82, 2.24) is 15.3 Å². The molecule has 0 saturated carbocycles. The van der Waals surface area contributed by atoms with Gasteiger partial charge in [0, 0.05) is 35.5 Å². The van der Waals surface area contributed by atoms with E-state index in [1.165, 1.54) is 6.07 Å². The Morgan fingerprint density at radius 1 is 1.04 bits per heavy atom. The number of carbonyl (C=O) groups excluding carboxylic acids is 1. The molecule has 1 amide bonds. The van der Waals surface area contributed by atoms with E-state index in [1.807, 2.05) is 30.5 Å². The summed E-state index contributed by atoms with van der Waals surface area (Å²) in [6.07, 6.45) is 3.61. The van der Waals surface area contributed by atoms with Crippen molar-refractivity contribution in [2.24, 2.45) is 0 Å². The first-order chi connectivity index (χ1) is 12.7. The smallest absolute Gasteiger partial charge is 0.251 e. The van der Waals surface area contributed by atoms with Crippen LogP contribution in [0.5, 0.6) is 0 Å². The summed E-state index contributed by atoms with van der Waals surface area (Å²) in [4.78, 5) is 19.7. The zero-order valence-corrected chi connectivity index (χ0v) is 13.9. The zero-order valence-electron chi connectivity index (χ0n) is 13.9. The van der Waals surface area contributed by atoms with Crippen LogP contribution in [0.15, 0.2) is 73.1 Å². The number of hydrogen-bond acceptors (Lipinski definition) is 2. The second kappa shape index (κ2) is 6.80. The van der Waals surface area contributed by atoms with Crippen molar-refractivity contribution < 1.29 is 9.18 Å². The normalized spacial score (nSPS) is 10.8. The van der Waals surface area contributed by atoms with Crippen molar-refractivity contribution in [1.29, 1.82) is 0 Å². The second-order valence-corrected chi connectivity index (χ2v) is 5.95. The molecule has 2 heterocycles. The summed E-state index contributed by atoms with van der Waals surface area (Å²) in [5.41, 5.74) is 3.87. The van der Waals surface area contributed by atoms with E-state index < -0.39 is 0 Å².